The molecule has 1 amide bonds. The summed E-state index contributed by atoms with van der Waals surface area (Å²) in [5, 5.41) is 3.89. The van der Waals surface area contributed by atoms with Gasteiger partial charge in [0.25, 0.3) is 0 Å². The van der Waals surface area contributed by atoms with E-state index in [1.807, 2.05) is 31.3 Å². The summed E-state index contributed by atoms with van der Waals surface area (Å²) in [5.74, 6) is 1.84. The molecule has 1 fully saturated rings. The fourth-order valence-electron chi connectivity index (χ4n) is 1.78. The van der Waals surface area contributed by atoms with Crippen LogP contribution in [0.1, 0.15) is 5.56 Å². The molecule has 1 N–H and O–H groups in total. The summed E-state index contributed by atoms with van der Waals surface area (Å²) < 4.78 is 0. The van der Waals surface area contributed by atoms with Crippen LogP contribution in [0.3, 0.4) is 0 Å². The Labute approximate surface area is 111 Å². The van der Waals surface area contributed by atoms with Gasteiger partial charge in [0.05, 0.1) is 6.04 Å². The average molecular weight is 271 g/mol. The quantitative estimate of drug-likeness (QED) is 0.911. The van der Waals surface area contributed by atoms with Crippen LogP contribution in [0.25, 0.3) is 0 Å². The van der Waals surface area contributed by atoms with Gasteiger partial charge in [-0.2, -0.15) is 0 Å². The highest BCUT2D eigenvalue weighted by Crippen LogP contribution is 2.18. The van der Waals surface area contributed by atoms with Gasteiger partial charge in [-0.1, -0.05) is 29.8 Å². The predicted octanol–water partition coefficient (Wildman–Crippen LogP) is 1.96. The maximum Gasteiger partial charge on any atom is 0.240 e. The second kappa shape index (κ2) is 5.76. The zero-order valence-electron chi connectivity index (χ0n) is 9.65. The van der Waals surface area contributed by atoms with E-state index in [1.165, 1.54) is 0 Å². The van der Waals surface area contributed by atoms with Crippen molar-refractivity contribution in [1.82, 2.24) is 10.2 Å². The van der Waals surface area contributed by atoms with Gasteiger partial charge in [0.1, 0.15) is 0 Å². The lowest BCUT2D eigenvalue weighted by molar-refractivity contribution is -0.131. The molecule has 1 unspecified atom stereocenters. The summed E-state index contributed by atoms with van der Waals surface area (Å²) in [7, 11) is 1.82. The highest BCUT2D eigenvalue weighted by Gasteiger charge is 2.25. The van der Waals surface area contributed by atoms with E-state index < -0.39 is 0 Å². The van der Waals surface area contributed by atoms with Crippen molar-refractivity contribution in [2.24, 2.45) is 0 Å². The Morgan fingerprint density at radius 2 is 2.35 bits per heavy atom. The Bertz CT molecular complexity index is 407. The number of thioether (sulfide) groups is 1. The topological polar surface area (TPSA) is 32.3 Å². The molecular formula is C12H15ClN2OS. The highest BCUT2D eigenvalue weighted by molar-refractivity contribution is 7.99. The van der Waals surface area contributed by atoms with Crippen LogP contribution in [0.15, 0.2) is 24.3 Å². The molecule has 0 aliphatic carbocycles. The maximum absolute atomic E-state index is 12.1. The van der Waals surface area contributed by atoms with E-state index in [0.29, 0.717) is 11.6 Å². The molecule has 17 heavy (non-hydrogen) atoms. The number of hydrogen-bond donors (Lipinski definition) is 1. The van der Waals surface area contributed by atoms with Crippen LogP contribution in [-0.4, -0.2) is 35.5 Å². The first kappa shape index (κ1) is 12.7. The number of nitrogens with one attached hydrogen (secondary N) is 1. The molecule has 1 aromatic carbocycles. The molecule has 3 nitrogen and oxygen atoms in total. The number of rotatable bonds is 3. The number of hydrogen-bond acceptors (Lipinski definition) is 3. The van der Waals surface area contributed by atoms with E-state index in [0.717, 1.165) is 17.2 Å². The Kier molecular flexibility index (Phi) is 4.31. The number of carbonyl (C=O) groups excluding carboxylic acids is 1. The molecule has 2 rings (SSSR count). The summed E-state index contributed by atoms with van der Waals surface area (Å²) >= 11 is 7.83. The molecule has 1 aromatic rings. The van der Waals surface area contributed by atoms with E-state index >= 15 is 0 Å². The fraction of sp³-hybridized carbons (Fsp3) is 0.417. The third-order valence-electron chi connectivity index (χ3n) is 2.76. The van der Waals surface area contributed by atoms with E-state index in [2.05, 4.69) is 5.32 Å². The molecule has 5 heteroatoms. The fourth-order valence-corrected chi connectivity index (χ4v) is 2.91. The normalized spacial score (nSPS) is 19.3. The number of halogens is 1. The van der Waals surface area contributed by atoms with Gasteiger partial charge >= 0.3 is 0 Å². The molecule has 0 bridgehead atoms. The zero-order valence-corrected chi connectivity index (χ0v) is 11.2. The van der Waals surface area contributed by atoms with E-state index in [9.17, 15) is 4.79 Å². The van der Waals surface area contributed by atoms with Gasteiger partial charge in [0.15, 0.2) is 0 Å². The second-order valence-electron chi connectivity index (χ2n) is 4.06. The number of nitrogens with zero attached hydrogens (tertiary/aromatic N) is 1. The van der Waals surface area contributed by atoms with Gasteiger partial charge < -0.3 is 4.90 Å². The smallest absolute Gasteiger partial charge is 0.240 e. The van der Waals surface area contributed by atoms with Crippen LogP contribution in [0.2, 0.25) is 5.02 Å². The number of benzene rings is 1. The van der Waals surface area contributed by atoms with Crippen LogP contribution in [0, 0.1) is 0 Å². The van der Waals surface area contributed by atoms with Gasteiger partial charge in [0.2, 0.25) is 5.91 Å². The third kappa shape index (κ3) is 3.15. The minimum atomic E-state index is -0.0486. The monoisotopic (exact) mass is 270 g/mol. The molecule has 1 atom stereocenters. The molecule has 1 aliphatic heterocycles. The van der Waals surface area contributed by atoms with Crippen LogP contribution >= 0.6 is 23.4 Å². The summed E-state index contributed by atoms with van der Waals surface area (Å²) in [6.07, 6.45) is 0. The molecular weight excluding hydrogens is 256 g/mol. The predicted molar refractivity (Wildman–Crippen MR) is 72.2 cm³/mol. The van der Waals surface area contributed by atoms with Gasteiger partial charge in [-0.15, -0.1) is 11.8 Å². The second-order valence-corrected chi connectivity index (χ2v) is 5.50. The van der Waals surface area contributed by atoms with E-state index in [1.54, 1.807) is 16.7 Å². The first-order valence-corrected chi connectivity index (χ1v) is 7.01. The van der Waals surface area contributed by atoms with E-state index in [-0.39, 0.29) is 11.9 Å². The van der Waals surface area contributed by atoms with Gasteiger partial charge in [-0.3, -0.25) is 10.1 Å². The average Bonchev–Trinajstić information content (AvgIpc) is 2.84. The van der Waals surface area contributed by atoms with Crippen LogP contribution < -0.4 is 5.32 Å². The maximum atomic E-state index is 12.1. The molecule has 1 heterocycles. The summed E-state index contributed by atoms with van der Waals surface area (Å²) in [6, 6.07) is 7.57. The van der Waals surface area contributed by atoms with Gasteiger partial charge in [-0.05, 0) is 11.6 Å². The Morgan fingerprint density at radius 3 is 3.00 bits per heavy atom. The van der Waals surface area contributed by atoms with Crippen molar-refractivity contribution in [3.8, 4) is 0 Å². The largest absolute Gasteiger partial charge is 0.340 e. The van der Waals surface area contributed by atoms with Crippen molar-refractivity contribution < 1.29 is 4.79 Å². The first-order chi connectivity index (χ1) is 8.18. The molecule has 1 aliphatic rings. The molecule has 0 saturated carbocycles. The van der Waals surface area contributed by atoms with E-state index in [4.69, 9.17) is 11.6 Å². The van der Waals surface area contributed by atoms with Crippen molar-refractivity contribution in [2.45, 2.75) is 12.6 Å². The van der Waals surface area contributed by atoms with Crippen molar-refractivity contribution >= 4 is 29.3 Å². The minimum absolute atomic E-state index is 0.0486. The molecule has 1 saturated heterocycles. The van der Waals surface area contributed by atoms with Crippen molar-refractivity contribution in [1.29, 1.82) is 0 Å². The highest BCUT2D eigenvalue weighted by atomic mass is 35.5. The SMILES string of the molecule is CN(Cc1ccccc1Cl)C(=O)C1CSCN1. The molecule has 0 aromatic heterocycles. The van der Waals surface area contributed by atoms with Crippen molar-refractivity contribution in [3.63, 3.8) is 0 Å². The lowest BCUT2D eigenvalue weighted by Crippen LogP contribution is -2.42. The number of carbonyl (C=O) groups is 1. The van der Waals surface area contributed by atoms with Crippen molar-refractivity contribution in [3.05, 3.63) is 34.9 Å². The number of amides is 1. The Balaban J connectivity index is 1.99. The molecule has 92 valence electrons. The summed E-state index contributed by atoms with van der Waals surface area (Å²) in [5.41, 5.74) is 0.982. The van der Waals surface area contributed by atoms with Gasteiger partial charge in [0, 0.05) is 30.2 Å². The third-order valence-corrected chi connectivity index (χ3v) is 4.06. The standard InChI is InChI=1S/C12H15ClN2OS/c1-15(12(16)11-7-17-8-14-11)6-9-4-2-3-5-10(9)13/h2-5,11,14H,6-8H2,1H3. The van der Waals surface area contributed by atoms with Crippen LogP contribution in [0.5, 0.6) is 0 Å². The molecule has 0 radical (unpaired) electrons. The van der Waals surface area contributed by atoms with Crippen LogP contribution in [-0.2, 0) is 11.3 Å². The first-order valence-electron chi connectivity index (χ1n) is 5.48. The molecule has 0 spiro atoms. The zero-order chi connectivity index (χ0) is 12.3. The number of likely N-dealkylation sites (N-methyl/N-ethyl adjacent to an activating group) is 1. The lowest BCUT2D eigenvalue weighted by Gasteiger charge is -2.21. The van der Waals surface area contributed by atoms with Gasteiger partial charge in [-0.25, -0.2) is 0 Å². The minimum Gasteiger partial charge on any atom is -0.340 e. The Morgan fingerprint density at radius 1 is 1.59 bits per heavy atom. The lowest BCUT2D eigenvalue weighted by atomic mass is 10.2. The summed E-state index contributed by atoms with van der Waals surface area (Å²) in [6.45, 7) is 0.557. The van der Waals surface area contributed by atoms with Crippen LogP contribution in [0.4, 0.5) is 0 Å². The summed E-state index contributed by atoms with van der Waals surface area (Å²) in [4.78, 5) is 13.8. The van der Waals surface area contributed by atoms with Crippen molar-refractivity contribution in [2.75, 3.05) is 18.7 Å². The Hall–Kier alpha value is -0.710.